The molecule has 1 fully saturated rings. The highest BCUT2D eigenvalue weighted by Crippen LogP contribution is 2.37. The summed E-state index contributed by atoms with van der Waals surface area (Å²) in [5.41, 5.74) is 4.36. The fourth-order valence-electron chi connectivity index (χ4n) is 3.32. The van der Waals surface area contributed by atoms with Gasteiger partial charge in [0.15, 0.2) is 0 Å². The van der Waals surface area contributed by atoms with Gasteiger partial charge in [0.05, 0.1) is 11.6 Å². The Balaban J connectivity index is 1.85. The van der Waals surface area contributed by atoms with Crippen LogP contribution in [0.4, 0.5) is 0 Å². The minimum Gasteiger partial charge on any atom is -0.377 e. The largest absolute Gasteiger partial charge is 0.377 e. The molecule has 3 heteroatoms. The van der Waals surface area contributed by atoms with Crippen molar-refractivity contribution < 1.29 is 4.74 Å². The van der Waals surface area contributed by atoms with Crippen molar-refractivity contribution in [1.29, 1.82) is 0 Å². The first-order valence-electron chi connectivity index (χ1n) is 7.36. The van der Waals surface area contributed by atoms with E-state index in [4.69, 9.17) is 10.6 Å². The summed E-state index contributed by atoms with van der Waals surface area (Å²) in [5, 5.41) is 0. The second-order valence-corrected chi connectivity index (χ2v) is 5.57. The fourth-order valence-corrected chi connectivity index (χ4v) is 3.32. The number of rotatable bonds is 7. The van der Waals surface area contributed by atoms with E-state index < -0.39 is 0 Å². The molecule has 0 heterocycles. The number of benzene rings is 1. The number of ether oxygens (including phenoxy) is 1. The molecule has 106 valence electrons. The Hall–Kier alpha value is -0.900. The molecule has 0 radical (unpaired) electrons. The molecule has 1 saturated carbocycles. The molecule has 3 nitrogen and oxygen atoms in total. The third-order valence-electron chi connectivity index (χ3n) is 4.49. The van der Waals surface area contributed by atoms with Gasteiger partial charge in [-0.3, -0.25) is 11.3 Å². The van der Waals surface area contributed by atoms with Crippen LogP contribution in [0.3, 0.4) is 0 Å². The van der Waals surface area contributed by atoms with E-state index in [1.807, 2.05) is 7.11 Å². The predicted octanol–water partition coefficient (Wildman–Crippen LogP) is 2.80. The van der Waals surface area contributed by atoms with Gasteiger partial charge in [-0.1, -0.05) is 43.2 Å². The first kappa shape index (κ1) is 14.5. The molecule has 1 unspecified atom stereocenters. The molecule has 1 aromatic rings. The molecule has 19 heavy (non-hydrogen) atoms. The van der Waals surface area contributed by atoms with Crippen molar-refractivity contribution in [2.24, 2.45) is 5.84 Å². The summed E-state index contributed by atoms with van der Waals surface area (Å²) in [6.45, 7) is 0. The van der Waals surface area contributed by atoms with Crippen LogP contribution >= 0.6 is 0 Å². The van der Waals surface area contributed by atoms with E-state index in [1.54, 1.807) is 0 Å². The summed E-state index contributed by atoms with van der Waals surface area (Å²) >= 11 is 0. The Labute approximate surface area is 116 Å². The zero-order chi connectivity index (χ0) is 13.6. The summed E-state index contributed by atoms with van der Waals surface area (Å²) in [4.78, 5) is 0. The Morgan fingerprint density at radius 1 is 1.26 bits per heavy atom. The molecule has 1 atom stereocenters. The minimum atomic E-state index is -0.0363. The Bertz CT molecular complexity index is 360. The van der Waals surface area contributed by atoms with Crippen LogP contribution in [0.5, 0.6) is 0 Å². The number of aryl methyl sites for hydroxylation is 1. The van der Waals surface area contributed by atoms with Gasteiger partial charge in [0.2, 0.25) is 0 Å². The van der Waals surface area contributed by atoms with Crippen molar-refractivity contribution in [2.45, 2.75) is 56.6 Å². The molecule has 1 aromatic carbocycles. The molecule has 1 aliphatic rings. The summed E-state index contributed by atoms with van der Waals surface area (Å²) < 4.78 is 5.81. The van der Waals surface area contributed by atoms with Crippen LogP contribution in [0, 0.1) is 0 Å². The first-order valence-corrected chi connectivity index (χ1v) is 7.36. The Kier molecular flexibility index (Phi) is 5.37. The highest BCUT2D eigenvalue weighted by Gasteiger charge is 2.40. The Morgan fingerprint density at radius 2 is 1.95 bits per heavy atom. The van der Waals surface area contributed by atoms with Gasteiger partial charge in [-0.05, 0) is 37.7 Å². The topological polar surface area (TPSA) is 47.3 Å². The van der Waals surface area contributed by atoms with E-state index in [9.17, 15) is 0 Å². The van der Waals surface area contributed by atoms with Crippen molar-refractivity contribution >= 4 is 0 Å². The SMILES string of the molecule is COC1(C(CCCc2ccccc2)NN)CCCC1. The molecule has 0 aliphatic heterocycles. The zero-order valence-electron chi connectivity index (χ0n) is 11.9. The van der Waals surface area contributed by atoms with Crippen LogP contribution in [0.2, 0.25) is 0 Å². The summed E-state index contributed by atoms with van der Waals surface area (Å²) in [5.74, 6) is 5.76. The molecule has 0 amide bonds. The van der Waals surface area contributed by atoms with Gasteiger partial charge in [0.1, 0.15) is 0 Å². The normalized spacial score (nSPS) is 19.5. The average Bonchev–Trinajstić information content (AvgIpc) is 2.95. The van der Waals surface area contributed by atoms with Crippen LogP contribution in [0.25, 0.3) is 0 Å². The maximum Gasteiger partial charge on any atom is 0.0844 e. The van der Waals surface area contributed by atoms with Gasteiger partial charge in [-0.2, -0.15) is 0 Å². The molecule has 3 N–H and O–H groups in total. The number of hydrogen-bond acceptors (Lipinski definition) is 3. The second kappa shape index (κ2) is 7.04. The van der Waals surface area contributed by atoms with Crippen molar-refractivity contribution in [2.75, 3.05) is 7.11 Å². The molecular formula is C16H26N2O. The summed E-state index contributed by atoms with van der Waals surface area (Å²) in [6, 6.07) is 10.9. The highest BCUT2D eigenvalue weighted by atomic mass is 16.5. The average molecular weight is 262 g/mol. The number of nitrogens with one attached hydrogen (secondary N) is 1. The van der Waals surface area contributed by atoms with Crippen molar-refractivity contribution in [3.8, 4) is 0 Å². The fraction of sp³-hybridized carbons (Fsp3) is 0.625. The van der Waals surface area contributed by atoms with E-state index in [2.05, 4.69) is 35.8 Å². The van der Waals surface area contributed by atoms with Crippen LogP contribution in [0.15, 0.2) is 30.3 Å². The molecule has 0 aromatic heterocycles. The third kappa shape index (κ3) is 3.56. The predicted molar refractivity (Wildman–Crippen MR) is 78.7 cm³/mol. The molecule has 2 rings (SSSR count). The monoisotopic (exact) mass is 262 g/mol. The van der Waals surface area contributed by atoms with Crippen LogP contribution in [-0.4, -0.2) is 18.8 Å². The van der Waals surface area contributed by atoms with Crippen molar-refractivity contribution in [3.05, 3.63) is 35.9 Å². The molecule has 0 saturated heterocycles. The number of nitrogens with two attached hydrogens (primary N) is 1. The molecule has 0 spiro atoms. The second-order valence-electron chi connectivity index (χ2n) is 5.57. The first-order chi connectivity index (χ1) is 9.30. The van der Waals surface area contributed by atoms with Crippen molar-refractivity contribution in [1.82, 2.24) is 5.43 Å². The molecular weight excluding hydrogens is 236 g/mol. The number of hydrogen-bond donors (Lipinski definition) is 2. The molecule has 1 aliphatic carbocycles. The maximum atomic E-state index is 5.81. The van der Waals surface area contributed by atoms with Crippen LogP contribution < -0.4 is 11.3 Å². The summed E-state index contributed by atoms with van der Waals surface area (Å²) in [7, 11) is 1.83. The van der Waals surface area contributed by atoms with E-state index >= 15 is 0 Å². The highest BCUT2D eigenvalue weighted by molar-refractivity contribution is 5.14. The lowest BCUT2D eigenvalue weighted by molar-refractivity contribution is -0.0382. The van der Waals surface area contributed by atoms with E-state index in [0.717, 1.165) is 32.1 Å². The van der Waals surface area contributed by atoms with E-state index in [0.29, 0.717) is 0 Å². The van der Waals surface area contributed by atoms with Crippen molar-refractivity contribution in [3.63, 3.8) is 0 Å². The van der Waals surface area contributed by atoms with Gasteiger partial charge >= 0.3 is 0 Å². The standard InChI is InChI=1S/C16H26N2O/c1-19-16(12-5-6-13-16)15(18-17)11-7-10-14-8-3-2-4-9-14/h2-4,8-9,15,18H,5-7,10-13,17H2,1H3. The number of hydrazine groups is 1. The summed E-state index contributed by atoms with van der Waals surface area (Å²) in [6.07, 6.45) is 8.09. The van der Waals surface area contributed by atoms with Gasteiger partial charge in [-0.25, -0.2) is 0 Å². The maximum absolute atomic E-state index is 5.81. The van der Waals surface area contributed by atoms with Gasteiger partial charge < -0.3 is 4.74 Å². The smallest absolute Gasteiger partial charge is 0.0844 e. The molecule has 0 bridgehead atoms. The lowest BCUT2D eigenvalue weighted by atomic mass is 9.88. The lowest BCUT2D eigenvalue weighted by Crippen LogP contribution is -2.53. The zero-order valence-corrected chi connectivity index (χ0v) is 11.9. The van der Waals surface area contributed by atoms with Gasteiger partial charge in [0.25, 0.3) is 0 Å². The van der Waals surface area contributed by atoms with E-state index in [1.165, 1.54) is 18.4 Å². The van der Waals surface area contributed by atoms with Crippen LogP contribution in [0.1, 0.15) is 44.1 Å². The van der Waals surface area contributed by atoms with E-state index in [-0.39, 0.29) is 11.6 Å². The quantitative estimate of drug-likeness (QED) is 0.587. The van der Waals surface area contributed by atoms with Gasteiger partial charge in [-0.15, -0.1) is 0 Å². The third-order valence-corrected chi connectivity index (χ3v) is 4.49. The minimum absolute atomic E-state index is 0.0363. The number of methoxy groups -OCH3 is 1. The lowest BCUT2D eigenvalue weighted by Gasteiger charge is -2.36. The van der Waals surface area contributed by atoms with Gasteiger partial charge in [0, 0.05) is 7.11 Å². The Morgan fingerprint density at radius 3 is 2.53 bits per heavy atom. The van der Waals surface area contributed by atoms with Crippen LogP contribution in [-0.2, 0) is 11.2 Å².